The molecular formula is C16H16O2. The number of carbonyl (C=O) groups excluding carboxylic acids is 1. The molecule has 18 heavy (non-hydrogen) atoms. The molecule has 0 radical (unpaired) electrons. The molecule has 0 spiro atoms. The smallest absolute Gasteiger partial charge is 0.337 e. The largest absolute Gasteiger partial charge is 0.465 e. The van der Waals surface area contributed by atoms with E-state index in [-0.39, 0.29) is 5.97 Å². The van der Waals surface area contributed by atoms with Gasteiger partial charge in [-0.15, -0.1) is 0 Å². The van der Waals surface area contributed by atoms with Crippen LogP contribution in [0.2, 0.25) is 0 Å². The Labute approximate surface area is 107 Å². The zero-order valence-corrected chi connectivity index (χ0v) is 10.9. The first-order valence-electron chi connectivity index (χ1n) is 5.88. The topological polar surface area (TPSA) is 26.3 Å². The number of hydrogen-bond donors (Lipinski definition) is 0. The summed E-state index contributed by atoms with van der Waals surface area (Å²) >= 11 is 0. The monoisotopic (exact) mass is 240 g/mol. The molecule has 0 saturated heterocycles. The van der Waals surface area contributed by atoms with Crippen molar-refractivity contribution in [3.8, 4) is 11.1 Å². The van der Waals surface area contributed by atoms with Crippen LogP contribution in [-0.4, -0.2) is 13.1 Å². The molecule has 0 fully saturated rings. The van der Waals surface area contributed by atoms with Crippen molar-refractivity contribution in [3.05, 3.63) is 59.2 Å². The quantitative estimate of drug-likeness (QED) is 0.747. The van der Waals surface area contributed by atoms with Crippen LogP contribution in [0.5, 0.6) is 0 Å². The Morgan fingerprint density at radius 2 is 1.67 bits per heavy atom. The average Bonchev–Trinajstić information content (AvgIpc) is 2.41. The lowest BCUT2D eigenvalue weighted by molar-refractivity contribution is 0.0601. The van der Waals surface area contributed by atoms with E-state index >= 15 is 0 Å². The van der Waals surface area contributed by atoms with Crippen molar-refractivity contribution in [3.63, 3.8) is 0 Å². The molecule has 0 bridgehead atoms. The zero-order chi connectivity index (χ0) is 13.1. The lowest BCUT2D eigenvalue weighted by atomic mass is 9.98. The lowest BCUT2D eigenvalue weighted by Crippen LogP contribution is -2.00. The molecule has 2 aromatic carbocycles. The third kappa shape index (κ3) is 2.43. The van der Waals surface area contributed by atoms with Gasteiger partial charge < -0.3 is 4.74 Å². The summed E-state index contributed by atoms with van der Waals surface area (Å²) < 4.78 is 4.69. The summed E-state index contributed by atoms with van der Waals surface area (Å²) in [4.78, 5) is 11.4. The van der Waals surface area contributed by atoms with E-state index in [2.05, 4.69) is 36.8 Å². The van der Waals surface area contributed by atoms with E-state index in [0.717, 1.165) is 5.56 Å². The highest BCUT2D eigenvalue weighted by molar-refractivity contribution is 5.90. The molecule has 0 aliphatic rings. The molecule has 2 aromatic rings. The van der Waals surface area contributed by atoms with Gasteiger partial charge in [-0.05, 0) is 42.7 Å². The Balaban J connectivity index is 2.40. The minimum atomic E-state index is -0.303. The number of hydrogen-bond acceptors (Lipinski definition) is 2. The van der Waals surface area contributed by atoms with Crippen LogP contribution in [0, 0.1) is 13.8 Å². The van der Waals surface area contributed by atoms with Gasteiger partial charge in [-0.2, -0.15) is 0 Å². The molecule has 2 nitrogen and oxygen atoms in total. The fourth-order valence-electron chi connectivity index (χ4n) is 1.95. The van der Waals surface area contributed by atoms with E-state index in [4.69, 9.17) is 0 Å². The second-order valence-electron chi connectivity index (χ2n) is 4.39. The Kier molecular flexibility index (Phi) is 3.47. The van der Waals surface area contributed by atoms with Gasteiger partial charge in [0.05, 0.1) is 12.7 Å². The second kappa shape index (κ2) is 5.05. The summed E-state index contributed by atoms with van der Waals surface area (Å²) in [5.41, 5.74) is 5.35. The number of benzene rings is 2. The van der Waals surface area contributed by atoms with Crippen molar-refractivity contribution in [2.24, 2.45) is 0 Å². The van der Waals surface area contributed by atoms with Gasteiger partial charge in [-0.25, -0.2) is 4.79 Å². The van der Waals surface area contributed by atoms with Gasteiger partial charge in [0.15, 0.2) is 0 Å². The number of rotatable bonds is 2. The van der Waals surface area contributed by atoms with Crippen molar-refractivity contribution >= 4 is 5.97 Å². The minimum absolute atomic E-state index is 0.303. The normalized spacial score (nSPS) is 10.2. The Hall–Kier alpha value is -2.09. The van der Waals surface area contributed by atoms with Crippen molar-refractivity contribution in [1.29, 1.82) is 0 Å². The number of ether oxygens (including phenoxy) is 1. The van der Waals surface area contributed by atoms with E-state index in [0.29, 0.717) is 5.56 Å². The minimum Gasteiger partial charge on any atom is -0.465 e. The third-order valence-corrected chi connectivity index (χ3v) is 3.01. The van der Waals surface area contributed by atoms with Crippen LogP contribution in [0.4, 0.5) is 0 Å². The first-order valence-corrected chi connectivity index (χ1v) is 5.88. The van der Waals surface area contributed by atoms with Crippen LogP contribution >= 0.6 is 0 Å². The molecule has 0 aliphatic heterocycles. The molecule has 0 heterocycles. The predicted molar refractivity (Wildman–Crippen MR) is 72.7 cm³/mol. The lowest BCUT2D eigenvalue weighted by Gasteiger charge is -2.08. The highest BCUT2D eigenvalue weighted by Crippen LogP contribution is 2.24. The van der Waals surface area contributed by atoms with Crippen LogP contribution in [0.1, 0.15) is 21.5 Å². The van der Waals surface area contributed by atoms with Crippen molar-refractivity contribution in [2.45, 2.75) is 13.8 Å². The number of esters is 1. The van der Waals surface area contributed by atoms with Gasteiger partial charge in [0, 0.05) is 0 Å². The van der Waals surface area contributed by atoms with E-state index in [1.807, 2.05) is 12.1 Å². The average molecular weight is 240 g/mol. The van der Waals surface area contributed by atoms with Gasteiger partial charge in [0.25, 0.3) is 0 Å². The van der Waals surface area contributed by atoms with E-state index in [9.17, 15) is 4.79 Å². The van der Waals surface area contributed by atoms with Crippen molar-refractivity contribution < 1.29 is 9.53 Å². The Morgan fingerprint density at radius 3 is 2.28 bits per heavy atom. The van der Waals surface area contributed by atoms with Crippen LogP contribution in [0.15, 0.2) is 42.5 Å². The van der Waals surface area contributed by atoms with Gasteiger partial charge in [0.1, 0.15) is 0 Å². The number of aryl methyl sites for hydroxylation is 2. The SMILES string of the molecule is COC(=O)c1ccc(-c2cc(C)ccc2C)cc1. The van der Waals surface area contributed by atoms with Crippen LogP contribution in [0.3, 0.4) is 0 Å². The molecule has 0 atom stereocenters. The molecular weight excluding hydrogens is 224 g/mol. The van der Waals surface area contributed by atoms with Gasteiger partial charge in [-0.3, -0.25) is 0 Å². The summed E-state index contributed by atoms with van der Waals surface area (Å²) in [6.07, 6.45) is 0. The van der Waals surface area contributed by atoms with E-state index in [1.165, 1.54) is 23.8 Å². The van der Waals surface area contributed by atoms with Gasteiger partial charge in [-0.1, -0.05) is 35.9 Å². The number of carbonyl (C=O) groups is 1. The highest BCUT2D eigenvalue weighted by atomic mass is 16.5. The molecule has 0 aromatic heterocycles. The standard InChI is InChI=1S/C16H16O2/c1-11-4-5-12(2)15(10-11)13-6-8-14(9-7-13)16(17)18-3/h4-10H,1-3H3. The summed E-state index contributed by atoms with van der Waals surface area (Å²) in [6, 6.07) is 13.9. The molecule has 0 aliphatic carbocycles. The third-order valence-electron chi connectivity index (χ3n) is 3.01. The molecule has 0 saturated carbocycles. The molecule has 92 valence electrons. The van der Waals surface area contributed by atoms with Crippen LogP contribution < -0.4 is 0 Å². The molecule has 0 unspecified atom stereocenters. The summed E-state index contributed by atoms with van der Waals surface area (Å²) in [7, 11) is 1.39. The van der Waals surface area contributed by atoms with E-state index in [1.54, 1.807) is 12.1 Å². The van der Waals surface area contributed by atoms with Crippen LogP contribution in [0.25, 0.3) is 11.1 Å². The fourth-order valence-corrected chi connectivity index (χ4v) is 1.95. The molecule has 0 N–H and O–H groups in total. The highest BCUT2D eigenvalue weighted by Gasteiger charge is 2.06. The second-order valence-corrected chi connectivity index (χ2v) is 4.39. The molecule has 2 rings (SSSR count). The molecule has 0 amide bonds. The first kappa shape index (κ1) is 12.4. The summed E-state index contributed by atoms with van der Waals surface area (Å²) in [5.74, 6) is -0.303. The predicted octanol–water partition coefficient (Wildman–Crippen LogP) is 3.76. The number of methoxy groups -OCH3 is 1. The Morgan fingerprint density at radius 1 is 1.00 bits per heavy atom. The zero-order valence-electron chi connectivity index (χ0n) is 10.9. The van der Waals surface area contributed by atoms with Crippen molar-refractivity contribution in [1.82, 2.24) is 0 Å². The van der Waals surface area contributed by atoms with Gasteiger partial charge >= 0.3 is 5.97 Å². The van der Waals surface area contributed by atoms with E-state index < -0.39 is 0 Å². The summed E-state index contributed by atoms with van der Waals surface area (Å²) in [6.45, 7) is 4.16. The fraction of sp³-hybridized carbons (Fsp3) is 0.188. The Bertz CT molecular complexity index is 568. The first-order chi connectivity index (χ1) is 8.61. The maximum absolute atomic E-state index is 11.4. The maximum Gasteiger partial charge on any atom is 0.337 e. The van der Waals surface area contributed by atoms with Gasteiger partial charge in [0.2, 0.25) is 0 Å². The maximum atomic E-state index is 11.4. The van der Waals surface area contributed by atoms with Crippen LogP contribution in [-0.2, 0) is 4.74 Å². The summed E-state index contributed by atoms with van der Waals surface area (Å²) in [5, 5.41) is 0. The van der Waals surface area contributed by atoms with Crippen molar-refractivity contribution in [2.75, 3.05) is 7.11 Å². The molecule has 2 heteroatoms.